The minimum absolute atomic E-state index is 0.00644. The highest BCUT2D eigenvalue weighted by Gasteiger charge is 2.43. The molecule has 0 atom stereocenters. The molecule has 0 unspecified atom stereocenters. The average Bonchev–Trinajstić information content (AvgIpc) is 2.35. The lowest BCUT2D eigenvalue weighted by molar-refractivity contribution is -0.133. The highest BCUT2D eigenvalue weighted by Crippen LogP contribution is 2.34. The summed E-state index contributed by atoms with van der Waals surface area (Å²) < 4.78 is 0. The Labute approximate surface area is 76.8 Å². The fourth-order valence-corrected chi connectivity index (χ4v) is 1.52. The Morgan fingerprint density at radius 1 is 1.31 bits per heavy atom. The van der Waals surface area contributed by atoms with E-state index in [1.165, 1.54) is 6.08 Å². The molecular formula is C10H12O3. The van der Waals surface area contributed by atoms with Crippen LogP contribution in [0.1, 0.15) is 26.2 Å². The molecule has 1 fully saturated rings. The van der Waals surface area contributed by atoms with Crippen molar-refractivity contribution in [3.05, 3.63) is 12.2 Å². The van der Waals surface area contributed by atoms with E-state index in [0.29, 0.717) is 25.5 Å². The lowest BCUT2D eigenvalue weighted by Crippen LogP contribution is -2.28. The Hall–Kier alpha value is -1.25. The number of hydrogen-bond donors (Lipinski definition) is 0. The molecule has 0 aromatic heterocycles. The van der Waals surface area contributed by atoms with Gasteiger partial charge in [0.25, 0.3) is 0 Å². The molecule has 1 aliphatic carbocycles. The van der Waals surface area contributed by atoms with Gasteiger partial charge in [-0.15, -0.1) is 0 Å². The normalized spacial score (nSPS) is 21.3. The van der Waals surface area contributed by atoms with Gasteiger partial charge in [-0.3, -0.25) is 14.4 Å². The van der Waals surface area contributed by atoms with Crippen molar-refractivity contribution in [2.24, 2.45) is 5.41 Å². The Bertz CT molecular complexity index is 260. The van der Waals surface area contributed by atoms with Gasteiger partial charge in [0.15, 0.2) is 0 Å². The topological polar surface area (TPSA) is 51.2 Å². The summed E-state index contributed by atoms with van der Waals surface area (Å²) in [5.41, 5.74) is -0.862. The SMILES string of the molecule is CC1(C/C=C/C=O)C(=O)CCC1=O. The molecule has 13 heavy (non-hydrogen) atoms. The number of carbonyl (C=O) groups is 3. The molecule has 0 N–H and O–H groups in total. The lowest BCUT2D eigenvalue weighted by Gasteiger charge is -2.17. The molecule has 0 bridgehead atoms. The van der Waals surface area contributed by atoms with Crippen LogP contribution in [-0.4, -0.2) is 17.9 Å². The van der Waals surface area contributed by atoms with Crippen LogP contribution in [0.4, 0.5) is 0 Å². The maximum atomic E-state index is 11.4. The highest BCUT2D eigenvalue weighted by molar-refractivity contribution is 6.12. The monoisotopic (exact) mass is 180 g/mol. The number of carbonyl (C=O) groups excluding carboxylic acids is 3. The zero-order valence-electron chi connectivity index (χ0n) is 7.58. The van der Waals surface area contributed by atoms with Crippen LogP contribution in [0.3, 0.4) is 0 Å². The highest BCUT2D eigenvalue weighted by atomic mass is 16.2. The van der Waals surface area contributed by atoms with Crippen LogP contribution in [0.2, 0.25) is 0 Å². The maximum absolute atomic E-state index is 11.4. The number of rotatable bonds is 3. The standard InChI is InChI=1S/C10H12O3/c1-10(6-2-3-7-11)8(12)4-5-9(10)13/h2-3,7H,4-6H2,1H3/b3-2+. The van der Waals surface area contributed by atoms with Crippen molar-refractivity contribution in [3.8, 4) is 0 Å². The largest absolute Gasteiger partial charge is 0.299 e. The first-order valence-electron chi connectivity index (χ1n) is 4.28. The lowest BCUT2D eigenvalue weighted by atomic mass is 9.83. The van der Waals surface area contributed by atoms with Crippen molar-refractivity contribution in [3.63, 3.8) is 0 Å². The predicted octanol–water partition coefficient (Wildman–Crippen LogP) is 1.07. The fraction of sp³-hybridized carbons (Fsp3) is 0.500. The molecule has 0 amide bonds. The molecule has 0 aliphatic heterocycles. The zero-order valence-corrected chi connectivity index (χ0v) is 7.58. The van der Waals surface area contributed by atoms with E-state index in [0.717, 1.165) is 0 Å². The number of Topliss-reactive ketones (excluding diaryl/α,β-unsaturated/α-hetero) is 2. The molecule has 70 valence electrons. The van der Waals surface area contributed by atoms with Gasteiger partial charge in [-0.05, 0) is 19.4 Å². The van der Waals surface area contributed by atoms with Gasteiger partial charge in [-0.25, -0.2) is 0 Å². The van der Waals surface area contributed by atoms with Crippen molar-refractivity contribution in [2.75, 3.05) is 0 Å². The van der Waals surface area contributed by atoms with Gasteiger partial charge < -0.3 is 0 Å². The third kappa shape index (κ3) is 1.74. The van der Waals surface area contributed by atoms with Crippen LogP contribution in [0.15, 0.2) is 12.2 Å². The summed E-state index contributed by atoms with van der Waals surface area (Å²) in [6, 6.07) is 0. The summed E-state index contributed by atoms with van der Waals surface area (Å²) in [5.74, 6) is -0.0129. The Morgan fingerprint density at radius 2 is 1.85 bits per heavy atom. The predicted molar refractivity (Wildman–Crippen MR) is 47.2 cm³/mol. The quantitative estimate of drug-likeness (QED) is 0.371. The zero-order chi connectivity index (χ0) is 9.90. The Kier molecular flexibility index (Phi) is 2.76. The first-order valence-corrected chi connectivity index (χ1v) is 4.28. The van der Waals surface area contributed by atoms with Crippen molar-refractivity contribution < 1.29 is 14.4 Å². The summed E-state index contributed by atoms with van der Waals surface area (Å²) in [6.45, 7) is 1.65. The molecule has 0 spiro atoms. The van der Waals surface area contributed by atoms with E-state index in [2.05, 4.69) is 0 Å². The summed E-state index contributed by atoms with van der Waals surface area (Å²) >= 11 is 0. The minimum atomic E-state index is -0.862. The van der Waals surface area contributed by atoms with E-state index < -0.39 is 5.41 Å². The second-order valence-corrected chi connectivity index (χ2v) is 3.45. The molecular weight excluding hydrogens is 168 g/mol. The smallest absolute Gasteiger partial charge is 0.146 e. The van der Waals surface area contributed by atoms with Crippen molar-refractivity contribution in [2.45, 2.75) is 26.2 Å². The van der Waals surface area contributed by atoms with E-state index in [-0.39, 0.29) is 11.6 Å². The Morgan fingerprint density at radius 3 is 2.31 bits per heavy atom. The van der Waals surface area contributed by atoms with Crippen molar-refractivity contribution in [1.82, 2.24) is 0 Å². The van der Waals surface area contributed by atoms with E-state index in [1.54, 1.807) is 13.0 Å². The molecule has 3 heteroatoms. The number of ketones is 2. The molecule has 0 saturated heterocycles. The third-order valence-corrected chi connectivity index (χ3v) is 2.55. The molecule has 1 rings (SSSR count). The summed E-state index contributed by atoms with van der Waals surface area (Å²) in [5, 5.41) is 0. The van der Waals surface area contributed by atoms with Crippen LogP contribution in [0, 0.1) is 5.41 Å². The summed E-state index contributed by atoms with van der Waals surface area (Å²) in [6.07, 6.45) is 4.60. The van der Waals surface area contributed by atoms with Gasteiger partial charge in [0.05, 0.1) is 5.41 Å². The summed E-state index contributed by atoms with van der Waals surface area (Å²) in [4.78, 5) is 32.7. The van der Waals surface area contributed by atoms with Gasteiger partial charge >= 0.3 is 0 Å². The van der Waals surface area contributed by atoms with E-state index >= 15 is 0 Å². The van der Waals surface area contributed by atoms with Gasteiger partial charge in [-0.1, -0.05) is 6.08 Å². The van der Waals surface area contributed by atoms with Crippen molar-refractivity contribution >= 4 is 17.9 Å². The molecule has 0 aromatic carbocycles. The van der Waals surface area contributed by atoms with Crippen molar-refractivity contribution in [1.29, 1.82) is 0 Å². The molecule has 0 heterocycles. The number of allylic oxidation sites excluding steroid dienone is 2. The molecule has 1 aliphatic rings. The Balaban J connectivity index is 2.73. The number of hydrogen-bond acceptors (Lipinski definition) is 3. The molecule has 0 radical (unpaired) electrons. The van der Waals surface area contributed by atoms with Crippen LogP contribution >= 0.6 is 0 Å². The summed E-state index contributed by atoms with van der Waals surface area (Å²) in [7, 11) is 0. The number of aldehydes is 1. The third-order valence-electron chi connectivity index (χ3n) is 2.55. The van der Waals surface area contributed by atoms with Gasteiger partial charge in [-0.2, -0.15) is 0 Å². The first kappa shape index (κ1) is 9.84. The first-order chi connectivity index (χ1) is 6.11. The molecule has 0 aromatic rings. The van der Waals surface area contributed by atoms with Gasteiger partial charge in [0.2, 0.25) is 0 Å². The average molecular weight is 180 g/mol. The molecule has 1 saturated carbocycles. The van der Waals surface area contributed by atoms with E-state index in [1.807, 2.05) is 0 Å². The fourth-order valence-electron chi connectivity index (χ4n) is 1.52. The molecule has 3 nitrogen and oxygen atoms in total. The van der Waals surface area contributed by atoms with E-state index in [9.17, 15) is 14.4 Å². The van der Waals surface area contributed by atoms with Crippen LogP contribution in [-0.2, 0) is 14.4 Å². The maximum Gasteiger partial charge on any atom is 0.146 e. The second kappa shape index (κ2) is 3.64. The van der Waals surface area contributed by atoms with E-state index in [4.69, 9.17) is 0 Å². The second-order valence-electron chi connectivity index (χ2n) is 3.45. The van der Waals surface area contributed by atoms with Crippen LogP contribution < -0.4 is 0 Å². The minimum Gasteiger partial charge on any atom is -0.299 e. The van der Waals surface area contributed by atoms with Gasteiger partial charge in [0, 0.05) is 12.8 Å². The van der Waals surface area contributed by atoms with Gasteiger partial charge in [0.1, 0.15) is 17.9 Å². The van der Waals surface area contributed by atoms with Crippen LogP contribution in [0.5, 0.6) is 0 Å². The van der Waals surface area contributed by atoms with Crippen LogP contribution in [0.25, 0.3) is 0 Å².